The zero-order valence-electron chi connectivity index (χ0n) is 13.0. The Morgan fingerprint density at radius 1 is 0.750 bits per heavy atom. The summed E-state index contributed by atoms with van der Waals surface area (Å²) in [7, 11) is 0. The fraction of sp³-hybridized carbons (Fsp3) is 0.100. The van der Waals surface area contributed by atoms with Crippen LogP contribution in [0.25, 0.3) is 22.3 Å². The molecule has 0 N–H and O–H groups in total. The molecule has 0 aliphatic carbocycles. The van der Waals surface area contributed by atoms with Crippen LogP contribution in [-0.4, -0.2) is 6.61 Å². The Bertz CT molecular complexity index is 860. The Morgan fingerprint density at radius 2 is 1.46 bits per heavy atom. The lowest BCUT2D eigenvalue weighted by Crippen LogP contribution is -1.99. The Morgan fingerprint density at radius 3 is 2.12 bits per heavy atom. The van der Waals surface area contributed by atoms with E-state index in [9.17, 15) is 13.2 Å². The van der Waals surface area contributed by atoms with Crippen LogP contribution in [0.2, 0.25) is 0 Å². The van der Waals surface area contributed by atoms with Gasteiger partial charge in [0, 0.05) is 11.1 Å². The lowest BCUT2D eigenvalue weighted by molar-refractivity contribution is 0.314. The van der Waals surface area contributed by atoms with Gasteiger partial charge in [-0.1, -0.05) is 42.5 Å². The van der Waals surface area contributed by atoms with Gasteiger partial charge in [-0.25, -0.2) is 8.78 Å². The first kappa shape index (κ1) is 16.1. The molecule has 0 spiro atoms. The summed E-state index contributed by atoms with van der Waals surface area (Å²) in [6, 6.07) is 16.1. The van der Waals surface area contributed by atoms with Crippen molar-refractivity contribution in [2.75, 3.05) is 6.61 Å². The molecule has 0 amide bonds. The molecule has 0 unspecified atom stereocenters. The van der Waals surface area contributed by atoms with Crippen molar-refractivity contribution in [1.82, 2.24) is 0 Å². The largest absolute Gasteiger partial charge is 0.491 e. The van der Waals surface area contributed by atoms with E-state index in [2.05, 4.69) is 0 Å². The number of benzene rings is 3. The molecule has 1 nitrogen and oxygen atoms in total. The van der Waals surface area contributed by atoms with Crippen molar-refractivity contribution in [3.63, 3.8) is 0 Å². The molecule has 0 radical (unpaired) electrons. The van der Waals surface area contributed by atoms with E-state index in [0.29, 0.717) is 5.56 Å². The van der Waals surface area contributed by atoms with Crippen LogP contribution in [0.5, 0.6) is 5.75 Å². The van der Waals surface area contributed by atoms with E-state index in [4.69, 9.17) is 4.74 Å². The number of ether oxygens (including phenoxy) is 1. The Labute approximate surface area is 138 Å². The summed E-state index contributed by atoms with van der Waals surface area (Å²) >= 11 is 0. The van der Waals surface area contributed by atoms with Gasteiger partial charge in [-0.3, -0.25) is 0 Å². The smallest absolute Gasteiger partial charge is 0.201 e. The van der Waals surface area contributed by atoms with Gasteiger partial charge >= 0.3 is 0 Å². The number of hydrogen-bond acceptors (Lipinski definition) is 1. The average molecular weight is 328 g/mol. The van der Waals surface area contributed by atoms with Gasteiger partial charge in [0.2, 0.25) is 5.82 Å². The molecule has 0 heterocycles. The first-order valence-electron chi connectivity index (χ1n) is 7.58. The number of rotatable bonds is 4. The van der Waals surface area contributed by atoms with Crippen LogP contribution in [-0.2, 0) is 0 Å². The molecule has 0 aliphatic rings. The van der Waals surface area contributed by atoms with Crippen molar-refractivity contribution >= 4 is 0 Å². The Balaban J connectivity index is 2.02. The van der Waals surface area contributed by atoms with Gasteiger partial charge in [0.25, 0.3) is 0 Å². The predicted octanol–water partition coefficient (Wildman–Crippen LogP) is 5.84. The van der Waals surface area contributed by atoms with Gasteiger partial charge < -0.3 is 4.74 Å². The van der Waals surface area contributed by atoms with Crippen LogP contribution < -0.4 is 4.74 Å². The topological polar surface area (TPSA) is 9.23 Å². The summed E-state index contributed by atoms with van der Waals surface area (Å²) in [6.45, 7) is 1.92. The minimum absolute atomic E-state index is 0.00513. The van der Waals surface area contributed by atoms with E-state index >= 15 is 0 Å². The molecule has 3 rings (SSSR count). The summed E-state index contributed by atoms with van der Waals surface area (Å²) in [5, 5.41) is 0. The molecule has 122 valence electrons. The number of hydrogen-bond donors (Lipinski definition) is 0. The van der Waals surface area contributed by atoms with Crippen LogP contribution in [0.3, 0.4) is 0 Å². The van der Waals surface area contributed by atoms with E-state index in [1.54, 1.807) is 31.2 Å². The Hall–Kier alpha value is -2.75. The molecule has 24 heavy (non-hydrogen) atoms. The van der Waals surface area contributed by atoms with E-state index in [-0.39, 0.29) is 23.5 Å². The van der Waals surface area contributed by atoms with Crippen molar-refractivity contribution in [1.29, 1.82) is 0 Å². The third-order valence-electron chi connectivity index (χ3n) is 3.71. The molecule has 0 saturated carbocycles. The number of halogens is 3. The first-order valence-corrected chi connectivity index (χ1v) is 7.58. The third kappa shape index (κ3) is 3.00. The van der Waals surface area contributed by atoms with Crippen molar-refractivity contribution in [2.45, 2.75) is 6.92 Å². The van der Waals surface area contributed by atoms with E-state index in [0.717, 1.165) is 5.56 Å². The van der Waals surface area contributed by atoms with Crippen LogP contribution in [0.1, 0.15) is 6.92 Å². The Kier molecular flexibility index (Phi) is 4.56. The molecule has 4 heteroatoms. The third-order valence-corrected chi connectivity index (χ3v) is 3.71. The maximum atomic E-state index is 14.4. The first-order chi connectivity index (χ1) is 11.6. The SMILES string of the molecule is CCOc1ccc(-c2ccc(-c3ccccc3)c(F)c2)c(F)c1F. The maximum absolute atomic E-state index is 14.4. The van der Waals surface area contributed by atoms with Gasteiger partial charge in [-0.05, 0) is 36.2 Å². The molecule has 3 aromatic carbocycles. The fourth-order valence-electron chi connectivity index (χ4n) is 2.56. The minimum Gasteiger partial charge on any atom is -0.491 e. The zero-order valence-corrected chi connectivity index (χ0v) is 13.0. The maximum Gasteiger partial charge on any atom is 0.201 e. The van der Waals surface area contributed by atoms with Crippen molar-refractivity contribution in [2.24, 2.45) is 0 Å². The fourth-order valence-corrected chi connectivity index (χ4v) is 2.56. The lowest BCUT2D eigenvalue weighted by Gasteiger charge is -2.10. The molecular weight excluding hydrogens is 313 g/mol. The van der Waals surface area contributed by atoms with E-state index in [1.165, 1.54) is 18.2 Å². The molecule has 0 bridgehead atoms. The summed E-state index contributed by atoms with van der Waals surface area (Å²) < 4.78 is 47.7. The van der Waals surface area contributed by atoms with Crippen molar-refractivity contribution < 1.29 is 17.9 Å². The lowest BCUT2D eigenvalue weighted by atomic mass is 9.99. The molecule has 0 fully saturated rings. The summed E-state index contributed by atoms with van der Waals surface area (Å²) in [4.78, 5) is 0. The standard InChI is InChI=1S/C20H15F3O/c1-2-24-18-11-10-16(19(22)20(18)23)14-8-9-15(17(21)12-14)13-6-4-3-5-7-13/h3-12H,2H2,1H3. The van der Waals surface area contributed by atoms with Crippen molar-refractivity contribution in [3.05, 3.63) is 78.1 Å². The second kappa shape index (κ2) is 6.79. The highest BCUT2D eigenvalue weighted by Gasteiger charge is 2.17. The summed E-state index contributed by atoms with van der Waals surface area (Å²) in [6.07, 6.45) is 0. The molecule has 3 aromatic rings. The summed E-state index contributed by atoms with van der Waals surface area (Å²) in [5.41, 5.74) is 1.40. The highest BCUT2D eigenvalue weighted by molar-refractivity contribution is 5.71. The molecule has 0 aliphatic heterocycles. The second-order valence-corrected chi connectivity index (χ2v) is 5.23. The van der Waals surface area contributed by atoms with E-state index in [1.807, 2.05) is 18.2 Å². The monoisotopic (exact) mass is 328 g/mol. The quantitative estimate of drug-likeness (QED) is 0.585. The van der Waals surface area contributed by atoms with Gasteiger partial charge in [-0.15, -0.1) is 0 Å². The average Bonchev–Trinajstić information content (AvgIpc) is 2.60. The van der Waals surface area contributed by atoms with Gasteiger partial charge in [0.1, 0.15) is 5.82 Å². The molecule has 0 aromatic heterocycles. The van der Waals surface area contributed by atoms with Gasteiger partial charge in [0.15, 0.2) is 11.6 Å². The van der Waals surface area contributed by atoms with E-state index < -0.39 is 17.5 Å². The zero-order chi connectivity index (χ0) is 17.1. The minimum atomic E-state index is -1.07. The van der Waals surface area contributed by atoms with Gasteiger partial charge in [0.05, 0.1) is 6.61 Å². The van der Waals surface area contributed by atoms with Crippen molar-refractivity contribution in [3.8, 4) is 28.0 Å². The summed E-state index contributed by atoms with van der Waals surface area (Å²) in [5.74, 6) is -2.76. The van der Waals surface area contributed by atoms with Crippen LogP contribution in [0.15, 0.2) is 60.7 Å². The van der Waals surface area contributed by atoms with Crippen LogP contribution in [0.4, 0.5) is 13.2 Å². The normalized spacial score (nSPS) is 10.7. The molecular formula is C20H15F3O. The van der Waals surface area contributed by atoms with Crippen LogP contribution in [0, 0.1) is 17.5 Å². The van der Waals surface area contributed by atoms with Gasteiger partial charge in [-0.2, -0.15) is 4.39 Å². The molecule has 0 atom stereocenters. The van der Waals surface area contributed by atoms with Crippen LogP contribution >= 0.6 is 0 Å². The predicted molar refractivity (Wildman–Crippen MR) is 88.4 cm³/mol. The molecule has 0 saturated heterocycles. The second-order valence-electron chi connectivity index (χ2n) is 5.23. The highest BCUT2D eigenvalue weighted by atomic mass is 19.2. The highest BCUT2D eigenvalue weighted by Crippen LogP contribution is 2.32.